The van der Waals surface area contributed by atoms with Gasteiger partial charge >= 0.3 is 92.1 Å². The molecule has 0 radical (unpaired) electrons. The van der Waals surface area contributed by atoms with Gasteiger partial charge in [0.2, 0.25) is 0 Å². The van der Waals surface area contributed by atoms with Crippen molar-refractivity contribution in [3.8, 4) is 0 Å². The van der Waals surface area contributed by atoms with E-state index in [-0.39, 0.29) is 21.2 Å². The number of aryl methyl sites for hydroxylation is 1. The SMILES string of the molecule is CC.CCCC[IH]c1ccc(CC)cc1. The molecule has 0 bridgehead atoms. The molecule has 0 aromatic heterocycles. The summed E-state index contributed by atoms with van der Waals surface area (Å²) in [6.45, 7) is 8.48. The van der Waals surface area contributed by atoms with Crippen LogP contribution in [-0.4, -0.2) is 4.43 Å². The Labute approximate surface area is 106 Å². The predicted molar refractivity (Wildman–Crippen MR) is 81.1 cm³/mol. The molecule has 0 atom stereocenters. The van der Waals surface area contributed by atoms with Crippen LogP contribution in [0.4, 0.5) is 0 Å². The van der Waals surface area contributed by atoms with Gasteiger partial charge in [-0.1, -0.05) is 13.8 Å². The van der Waals surface area contributed by atoms with E-state index < -0.39 is 0 Å². The van der Waals surface area contributed by atoms with Crippen molar-refractivity contribution in [3.63, 3.8) is 0 Å². The molecular formula is C14H25I. The third-order valence-electron chi connectivity index (χ3n) is 2.10. The Balaban J connectivity index is 0.000000921. The van der Waals surface area contributed by atoms with Crippen LogP contribution >= 0.6 is 21.2 Å². The molecule has 0 fully saturated rings. The van der Waals surface area contributed by atoms with Crippen molar-refractivity contribution in [2.24, 2.45) is 0 Å². The standard InChI is InChI=1S/C12H19I.C2H6/c1-3-5-10-13-12-8-6-11(4-2)7-9-12;1-2/h6-9,13H,3-5,10H2,1-2H3;1-2H3. The first-order valence-electron chi connectivity index (χ1n) is 6.08. The van der Waals surface area contributed by atoms with Crippen LogP contribution in [0, 0.1) is 3.57 Å². The fourth-order valence-electron chi connectivity index (χ4n) is 1.16. The van der Waals surface area contributed by atoms with E-state index in [9.17, 15) is 0 Å². The molecule has 0 saturated carbocycles. The third-order valence-corrected chi connectivity index (χ3v) is 5.23. The molecule has 0 nitrogen and oxygen atoms in total. The fraction of sp³-hybridized carbons (Fsp3) is 0.571. The molecule has 1 aromatic rings. The number of alkyl halides is 1. The third kappa shape index (κ3) is 6.93. The molecule has 0 aliphatic rings. The van der Waals surface area contributed by atoms with Gasteiger partial charge < -0.3 is 0 Å². The van der Waals surface area contributed by atoms with E-state index in [1.54, 1.807) is 3.57 Å². The van der Waals surface area contributed by atoms with E-state index in [0.717, 1.165) is 6.42 Å². The summed E-state index contributed by atoms with van der Waals surface area (Å²) in [5, 5.41) is 0. The Bertz CT molecular complexity index is 226. The Hall–Kier alpha value is -0.0500. The van der Waals surface area contributed by atoms with Crippen molar-refractivity contribution in [2.45, 2.75) is 47.0 Å². The van der Waals surface area contributed by atoms with Crippen molar-refractivity contribution in [1.29, 1.82) is 0 Å². The molecule has 15 heavy (non-hydrogen) atoms. The number of halogens is 1. The summed E-state index contributed by atoms with van der Waals surface area (Å²) in [6.07, 6.45) is 3.92. The van der Waals surface area contributed by atoms with Gasteiger partial charge in [0.15, 0.2) is 0 Å². The first kappa shape index (κ1) is 14.9. The van der Waals surface area contributed by atoms with Crippen LogP contribution in [0.15, 0.2) is 24.3 Å². The summed E-state index contributed by atoms with van der Waals surface area (Å²) in [5.74, 6) is 0. The number of unbranched alkanes of at least 4 members (excludes halogenated alkanes) is 1. The minimum absolute atomic E-state index is 0.130. The Morgan fingerprint density at radius 2 is 1.60 bits per heavy atom. The van der Waals surface area contributed by atoms with E-state index in [2.05, 4.69) is 38.1 Å². The van der Waals surface area contributed by atoms with Crippen molar-refractivity contribution in [1.82, 2.24) is 0 Å². The summed E-state index contributed by atoms with van der Waals surface area (Å²) < 4.78 is 3.09. The Morgan fingerprint density at radius 3 is 2.07 bits per heavy atom. The molecule has 0 unspecified atom stereocenters. The summed E-state index contributed by atoms with van der Waals surface area (Å²) in [5.41, 5.74) is 1.46. The van der Waals surface area contributed by atoms with Crippen LogP contribution in [0.25, 0.3) is 0 Å². The molecule has 0 aliphatic carbocycles. The first-order valence-corrected chi connectivity index (χ1v) is 8.89. The fourth-order valence-corrected chi connectivity index (χ4v) is 4.00. The quantitative estimate of drug-likeness (QED) is 0.409. The van der Waals surface area contributed by atoms with Crippen LogP contribution in [0.3, 0.4) is 0 Å². The van der Waals surface area contributed by atoms with Crippen molar-refractivity contribution in [2.75, 3.05) is 4.43 Å². The first-order chi connectivity index (χ1) is 7.36. The van der Waals surface area contributed by atoms with Crippen LogP contribution in [0.2, 0.25) is 0 Å². The molecule has 0 aliphatic heterocycles. The van der Waals surface area contributed by atoms with Gasteiger partial charge in [-0.15, -0.1) is 0 Å². The van der Waals surface area contributed by atoms with Gasteiger partial charge in [-0.25, -0.2) is 0 Å². The molecule has 1 aromatic carbocycles. The Kier molecular flexibility index (Phi) is 10.4. The summed E-state index contributed by atoms with van der Waals surface area (Å²) in [6, 6.07) is 9.23. The van der Waals surface area contributed by atoms with Crippen LogP contribution in [0.1, 0.15) is 46.1 Å². The van der Waals surface area contributed by atoms with Gasteiger partial charge in [0.1, 0.15) is 0 Å². The minimum atomic E-state index is 0.130. The molecule has 1 rings (SSSR count). The molecular weight excluding hydrogens is 295 g/mol. The zero-order valence-corrected chi connectivity index (χ0v) is 12.9. The summed E-state index contributed by atoms with van der Waals surface area (Å²) >= 11 is 0.130. The van der Waals surface area contributed by atoms with Gasteiger partial charge in [0, 0.05) is 0 Å². The maximum atomic E-state index is 2.33. The molecule has 88 valence electrons. The van der Waals surface area contributed by atoms with Gasteiger partial charge in [0.05, 0.1) is 0 Å². The van der Waals surface area contributed by atoms with Gasteiger partial charge in [-0.2, -0.15) is 0 Å². The second-order valence-corrected chi connectivity index (χ2v) is 6.53. The van der Waals surface area contributed by atoms with E-state index in [4.69, 9.17) is 0 Å². The topological polar surface area (TPSA) is 0 Å². The molecule has 0 saturated heterocycles. The number of rotatable bonds is 5. The number of benzene rings is 1. The van der Waals surface area contributed by atoms with E-state index >= 15 is 0 Å². The van der Waals surface area contributed by atoms with Crippen molar-refractivity contribution >= 4 is 21.2 Å². The van der Waals surface area contributed by atoms with E-state index in [1.807, 2.05) is 13.8 Å². The van der Waals surface area contributed by atoms with E-state index in [0.29, 0.717) is 0 Å². The predicted octanol–water partition coefficient (Wildman–Crippen LogP) is 4.95. The number of hydrogen-bond acceptors (Lipinski definition) is 0. The van der Waals surface area contributed by atoms with Crippen molar-refractivity contribution in [3.05, 3.63) is 33.4 Å². The normalized spacial score (nSPS) is 9.60. The zero-order chi connectivity index (χ0) is 11.5. The Morgan fingerprint density at radius 1 is 1.00 bits per heavy atom. The van der Waals surface area contributed by atoms with Crippen LogP contribution < -0.4 is 0 Å². The summed E-state index contributed by atoms with van der Waals surface area (Å²) in [4.78, 5) is 0. The van der Waals surface area contributed by atoms with Crippen LogP contribution in [-0.2, 0) is 6.42 Å². The molecule has 0 amide bonds. The second-order valence-electron chi connectivity index (χ2n) is 3.20. The summed E-state index contributed by atoms with van der Waals surface area (Å²) in [7, 11) is 0. The average molecular weight is 320 g/mol. The van der Waals surface area contributed by atoms with Gasteiger partial charge in [-0.05, 0) is 0 Å². The molecule has 0 N–H and O–H groups in total. The van der Waals surface area contributed by atoms with Gasteiger partial charge in [-0.3, -0.25) is 0 Å². The average Bonchev–Trinajstić information content (AvgIpc) is 2.33. The second kappa shape index (κ2) is 10.5. The molecule has 0 heterocycles. The zero-order valence-electron chi connectivity index (χ0n) is 10.5. The van der Waals surface area contributed by atoms with Crippen molar-refractivity contribution < 1.29 is 0 Å². The van der Waals surface area contributed by atoms with Crippen LogP contribution in [0.5, 0.6) is 0 Å². The van der Waals surface area contributed by atoms with E-state index in [1.165, 1.54) is 22.8 Å². The van der Waals surface area contributed by atoms with Gasteiger partial charge in [0.25, 0.3) is 0 Å². The number of hydrogen-bond donors (Lipinski definition) is 0. The maximum absolute atomic E-state index is 2.33. The molecule has 0 spiro atoms. The molecule has 1 heteroatoms. The monoisotopic (exact) mass is 320 g/mol.